The van der Waals surface area contributed by atoms with Crippen molar-refractivity contribution in [3.63, 3.8) is 0 Å². The minimum absolute atomic E-state index is 0.0165. The van der Waals surface area contributed by atoms with Gasteiger partial charge in [-0.3, -0.25) is 9.36 Å². The molecule has 0 saturated heterocycles. The number of aromatic nitrogens is 2. The average molecular weight is 232 g/mol. The zero-order valence-electron chi connectivity index (χ0n) is 9.29. The molecule has 0 aliphatic heterocycles. The van der Waals surface area contributed by atoms with Gasteiger partial charge in [-0.05, 0) is 12.1 Å². The molecule has 0 atom stereocenters. The van der Waals surface area contributed by atoms with Gasteiger partial charge in [0.15, 0.2) is 0 Å². The van der Waals surface area contributed by atoms with E-state index < -0.39 is 0 Å². The SMILES string of the molecule is Cn1c(C/C(N)=N\O)nc2ccccc2c1=O. The summed E-state index contributed by atoms with van der Waals surface area (Å²) in [6, 6.07) is 7.07. The number of oxime groups is 1. The Morgan fingerprint density at radius 3 is 2.94 bits per heavy atom. The Labute approximate surface area is 97.0 Å². The lowest BCUT2D eigenvalue weighted by atomic mass is 10.2. The first-order valence-corrected chi connectivity index (χ1v) is 5.04. The Balaban J connectivity index is 2.66. The van der Waals surface area contributed by atoms with Crippen molar-refractivity contribution in [2.75, 3.05) is 0 Å². The van der Waals surface area contributed by atoms with Crippen molar-refractivity contribution >= 4 is 16.7 Å². The molecule has 1 heterocycles. The summed E-state index contributed by atoms with van der Waals surface area (Å²) in [7, 11) is 1.61. The Hall–Kier alpha value is -2.37. The lowest BCUT2D eigenvalue weighted by molar-refractivity contribution is 0.317. The van der Waals surface area contributed by atoms with Crippen LogP contribution in [0.2, 0.25) is 0 Å². The molecule has 88 valence electrons. The van der Waals surface area contributed by atoms with E-state index in [4.69, 9.17) is 10.9 Å². The van der Waals surface area contributed by atoms with Crippen molar-refractivity contribution in [2.24, 2.45) is 17.9 Å². The molecule has 1 aromatic carbocycles. The molecule has 0 fully saturated rings. The van der Waals surface area contributed by atoms with Crippen LogP contribution in [0.3, 0.4) is 0 Å². The van der Waals surface area contributed by atoms with Crippen LogP contribution >= 0.6 is 0 Å². The summed E-state index contributed by atoms with van der Waals surface area (Å²) in [5, 5.41) is 11.9. The van der Waals surface area contributed by atoms with Crippen LogP contribution in [0.15, 0.2) is 34.2 Å². The summed E-state index contributed by atoms with van der Waals surface area (Å²) in [6.45, 7) is 0. The van der Waals surface area contributed by atoms with Crippen LogP contribution in [0.5, 0.6) is 0 Å². The number of benzene rings is 1. The molecular formula is C11H12N4O2. The van der Waals surface area contributed by atoms with E-state index in [2.05, 4.69) is 10.1 Å². The fourth-order valence-electron chi connectivity index (χ4n) is 1.62. The normalized spacial score (nSPS) is 11.9. The van der Waals surface area contributed by atoms with E-state index in [-0.39, 0.29) is 17.8 Å². The van der Waals surface area contributed by atoms with Crippen molar-refractivity contribution in [1.29, 1.82) is 0 Å². The summed E-state index contributed by atoms with van der Waals surface area (Å²) in [4.78, 5) is 16.3. The van der Waals surface area contributed by atoms with Gasteiger partial charge >= 0.3 is 0 Å². The number of rotatable bonds is 2. The molecular weight excluding hydrogens is 220 g/mol. The Morgan fingerprint density at radius 1 is 1.53 bits per heavy atom. The average Bonchev–Trinajstić information content (AvgIpc) is 2.35. The van der Waals surface area contributed by atoms with Crippen LogP contribution in [0.4, 0.5) is 0 Å². The molecule has 2 rings (SSSR count). The van der Waals surface area contributed by atoms with Gasteiger partial charge < -0.3 is 10.9 Å². The van der Waals surface area contributed by atoms with Crippen LogP contribution in [0, 0.1) is 0 Å². The lowest BCUT2D eigenvalue weighted by Crippen LogP contribution is -2.26. The minimum Gasteiger partial charge on any atom is -0.409 e. The molecule has 0 bridgehead atoms. The maximum atomic E-state index is 12.0. The number of para-hydroxylation sites is 1. The molecule has 0 aliphatic rings. The highest BCUT2D eigenvalue weighted by atomic mass is 16.4. The third kappa shape index (κ3) is 1.96. The molecule has 6 nitrogen and oxygen atoms in total. The number of amidine groups is 1. The van der Waals surface area contributed by atoms with Gasteiger partial charge in [-0.1, -0.05) is 17.3 Å². The largest absolute Gasteiger partial charge is 0.409 e. The molecule has 6 heteroatoms. The summed E-state index contributed by atoms with van der Waals surface area (Å²) < 4.78 is 1.40. The van der Waals surface area contributed by atoms with Crippen LogP contribution in [0.1, 0.15) is 5.82 Å². The van der Waals surface area contributed by atoms with Gasteiger partial charge in [-0.25, -0.2) is 4.98 Å². The Bertz CT molecular complexity index is 645. The first-order chi connectivity index (χ1) is 8.13. The molecule has 0 unspecified atom stereocenters. The Kier molecular flexibility index (Phi) is 2.78. The smallest absolute Gasteiger partial charge is 0.261 e. The summed E-state index contributed by atoms with van der Waals surface area (Å²) >= 11 is 0. The Morgan fingerprint density at radius 2 is 2.24 bits per heavy atom. The number of hydrogen-bond acceptors (Lipinski definition) is 4. The van der Waals surface area contributed by atoms with E-state index in [0.717, 1.165) is 0 Å². The molecule has 3 N–H and O–H groups in total. The third-order valence-corrected chi connectivity index (χ3v) is 2.54. The second-order valence-corrected chi connectivity index (χ2v) is 3.68. The van der Waals surface area contributed by atoms with E-state index >= 15 is 0 Å². The number of nitrogens with zero attached hydrogens (tertiary/aromatic N) is 3. The summed E-state index contributed by atoms with van der Waals surface area (Å²) in [5.41, 5.74) is 5.88. The van der Waals surface area contributed by atoms with E-state index in [1.807, 2.05) is 6.07 Å². The topological polar surface area (TPSA) is 93.5 Å². The van der Waals surface area contributed by atoms with Crippen LogP contribution in [-0.2, 0) is 13.5 Å². The van der Waals surface area contributed by atoms with Crippen LogP contribution in [-0.4, -0.2) is 20.6 Å². The van der Waals surface area contributed by atoms with Crippen molar-refractivity contribution in [2.45, 2.75) is 6.42 Å². The predicted molar refractivity (Wildman–Crippen MR) is 64.1 cm³/mol. The lowest BCUT2D eigenvalue weighted by Gasteiger charge is -2.07. The second-order valence-electron chi connectivity index (χ2n) is 3.68. The monoisotopic (exact) mass is 232 g/mol. The molecule has 1 aromatic heterocycles. The van der Waals surface area contributed by atoms with E-state index in [1.54, 1.807) is 25.2 Å². The first-order valence-electron chi connectivity index (χ1n) is 5.04. The standard InChI is InChI=1S/C11H12N4O2/c1-15-10(6-9(12)14-17)13-8-5-3-2-4-7(8)11(15)16/h2-5,17H,6H2,1H3,(H2,12,14). The highest BCUT2D eigenvalue weighted by molar-refractivity contribution is 5.82. The van der Waals surface area contributed by atoms with Crippen molar-refractivity contribution in [3.05, 3.63) is 40.4 Å². The highest BCUT2D eigenvalue weighted by Crippen LogP contribution is 2.07. The molecule has 0 aliphatic carbocycles. The summed E-state index contributed by atoms with van der Waals surface area (Å²) in [5.74, 6) is 0.479. The van der Waals surface area contributed by atoms with E-state index in [9.17, 15) is 4.79 Å². The zero-order chi connectivity index (χ0) is 12.4. The summed E-state index contributed by atoms with van der Waals surface area (Å²) in [6.07, 6.45) is 0.132. The molecule has 0 saturated carbocycles. The van der Waals surface area contributed by atoms with Gasteiger partial charge in [0.05, 0.1) is 17.3 Å². The maximum absolute atomic E-state index is 12.0. The van der Waals surface area contributed by atoms with Crippen LogP contribution in [0.25, 0.3) is 10.9 Å². The van der Waals surface area contributed by atoms with E-state index in [0.29, 0.717) is 16.7 Å². The third-order valence-electron chi connectivity index (χ3n) is 2.54. The fourth-order valence-corrected chi connectivity index (χ4v) is 1.62. The van der Waals surface area contributed by atoms with Gasteiger partial charge in [0.1, 0.15) is 11.7 Å². The van der Waals surface area contributed by atoms with Gasteiger partial charge in [0.2, 0.25) is 0 Å². The number of nitrogens with two attached hydrogens (primary N) is 1. The van der Waals surface area contributed by atoms with Gasteiger partial charge in [0.25, 0.3) is 5.56 Å². The first kappa shape index (κ1) is 11.1. The van der Waals surface area contributed by atoms with E-state index in [1.165, 1.54) is 4.57 Å². The van der Waals surface area contributed by atoms with Gasteiger partial charge in [-0.2, -0.15) is 0 Å². The zero-order valence-corrected chi connectivity index (χ0v) is 9.29. The second kappa shape index (κ2) is 4.25. The fraction of sp³-hybridized carbons (Fsp3) is 0.182. The molecule has 0 radical (unpaired) electrons. The van der Waals surface area contributed by atoms with Crippen LogP contribution < -0.4 is 11.3 Å². The van der Waals surface area contributed by atoms with Gasteiger partial charge in [0, 0.05) is 7.05 Å². The quantitative estimate of drug-likeness (QED) is 0.335. The maximum Gasteiger partial charge on any atom is 0.261 e. The molecule has 0 spiro atoms. The predicted octanol–water partition coefficient (Wildman–Crippen LogP) is 0.222. The highest BCUT2D eigenvalue weighted by Gasteiger charge is 2.08. The molecule has 0 amide bonds. The number of fused-ring (bicyclic) bond motifs is 1. The minimum atomic E-state index is -0.142. The number of hydrogen-bond donors (Lipinski definition) is 2. The molecule has 17 heavy (non-hydrogen) atoms. The molecule has 2 aromatic rings. The van der Waals surface area contributed by atoms with Crippen molar-refractivity contribution in [1.82, 2.24) is 9.55 Å². The van der Waals surface area contributed by atoms with Crippen molar-refractivity contribution < 1.29 is 5.21 Å². The van der Waals surface area contributed by atoms with Gasteiger partial charge in [-0.15, -0.1) is 0 Å². The van der Waals surface area contributed by atoms with Crippen molar-refractivity contribution in [3.8, 4) is 0 Å².